The lowest BCUT2D eigenvalue weighted by atomic mass is 9.81. The fraction of sp³-hybridized carbons (Fsp3) is 0.650. The van der Waals surface area contributed by atoms with Gasteiger partial charge in [-0.3, -0.25) is 19.4 Å². The number of hydrogen-bond donors (Lipinski definition) is 2. The fourth-order valence-corrected chi connectivity index (χ4v) is 3.66. The Morgan fingerprint density at radius 2 is 1.74 bits per heavy atom. The SMILES string of the molecule is CC(=O)C(NC(=O)C(NC(=O)c1cnccn1)C1CCCCC1)C(C)(C)C. The molecule has 1 aromatic rings. The van der Waals surface area contributed by atoms with Crippen molar-refractivity contribution in [2.75, 3.05) is 0 Å². The van der Waals surface area contributed by atoms with Gasteiger partial charge >= 0.3 is 0 Å². The van der Waals surface area contributed by atoms with Crippen LogP contribution >= 0.6 is 0 Å². The quantitative estimate of drug-likeness (QED) is 0.795. The Balaban J connectivity index is 2.19. The van der Waals surface area contributed by atoms with Crippen LogP contribution in [0.2, 0.25) is 0 Å². The van der Waals surface area contributed by atoms with Crippen LogP contribution < -0.4 is 10.6 Å². The number of carbonyl (C=O) groups is 3. The molecule has 2 rings (SSSR count). The lowest BCUT2D eigenvalue weighted by molar-refractivity contribution is -0.131. The van der Waals surface area contributed by atoms with Gasteiger partial charge in [-0.1, -0.05) is 40.0 Å². The molecule has 2 N–H and O–H groups in total. The second-order valence-corrected chi connectivity index (χ2v) is 8.36. The zero-order valence-electron chi connectivity index (χ0n) is 16.6. The van der Waals surface area contributed by atoms with E-state index in [1.54, 1.807) is 0 Å². The highest BCUT2D eigenvalue weighted by Crippen LogP contribution is 2.27. The molecule has 1 aromatic heterocycles. The summed E-state index contributed by atoms with van der Waals surface area (Å²) in [6, 6.07) is -1.30. The molecular formula is C20H30N4O3. The Bertz CT molecular complexity index is 664. The molecule has 7 heteroatoms. The van der Waals surface area contributed by atoms with E-state index in [0.29, 0.717) is 0 Å². The molecule has 1 heterocycles. The average molecular weight is 374 g/mol. The van der Waals surface area contributed by atoms with E-state index in [2.05, 4.69) is 20.6 Å². The molecular weight excluding hydrogens is 344 g/mol. The van der Waals surface area contributed by atoms with E-state index >= 15 is 0 Å². The highest BCUT2D eigenvalue weighted by molar-refractivity contribution is 5.97. The second kappa shape index (κ2) is 9.06. The lowest BCUT2D eigenvalue weighted by Crippen LogP contribution is -2.57. The van der Waals surface area contributed by atoms with Crippen LogP contribution in [0.3, 0.4) is 0 Å². The Kier molecular flexibility index (Phi) is 7.05. The molecule has 0 saturated heterocycles. The van der Waals surface area contributed by atoms with Crippen molar-refractivity contribution in [1.29, 1.82) is 0 Å². The summed E-state index contributed by atoms with van der Waals surface area (Å²) in [6.07, 6.45) is 9.26. The van der Waals surface area contributed by atoms with Crippen LogP contribution in [0.5, 0.6) is 0 Å². The van der Waals surface area contributed by atoms with Crippen molar-refractivity contribution in [1.82, 2.24) is 20.6 Å². The predicted octanol–water partition coefficient (Wildman–Crippen LogP) is 2.28. The monoisotopic (exact) mass is 374 g/mol. The van der Waals surface area contributed by atoms with Gasteiger partial charge in [0.1, 0.15) is 11.7 Å². The molecule has 2 atom stereocenters. The minimum Gasteiger partial charge on any atom is -0.344 e. The molecule has 1 saturated carbocycles. The number of nitrogens with one attached hydrogen (secondary N) is 2. The van der Waals surface area contributed by atoms with Gasteiger partial charge in [-0.05, 0) is 31.1 Å². The van der Waals surface area contributed by atoms with Crippen LogP contribution in [0.1, 0.15) is 70.3 Å². The van der Waals surface area contributed by atoms with Crippen LogP contribution in [0.25, 0.3) is 0 Å². The Labute approximate surface area is 160 Å². The third-order valence-electron chi connectivity index (χ3n) is 5.05. The van der Waals surface area contributed by atoms with Crippen LogP contribution in [-0.4, -0.2) is 39.6 Å². The third kappa shape index (κ3) is 5.84. The number of carbonyl (C=O) groups excluding carboxylic acids is 3. The number of Topliss-reactive ketones (excluding diaryl/α,β-unsaturated/α-hetero) is 1. The van der Waals surface area contributed by atoms with Crippen molar-refractivity contribution in [2.24, 2.45) is 11.3 Å². The van der Waals surface area contributed by atoms with Gasteiger partial charge < -0.3 is 10.6 Å². The highest BCUT2D eigenvalue weighted by atomic mass is 16.2. The highest BCUT2D eigenvalue weighted by Gasteiger charge is 2.36. The van der Waals surface area contributed by atoms with Gasteiger partial charge in [0, 0.05) is 12.4 Å². The van der Waals surface area contributed by atoms with Crippen molar-refractivity contribution in [3.05, 3.63) is 24.3 Å². The molecule has 2 amide bonds. The van der Waals surface area contributed by atoms with E-state index in [4.69, 9.17) is 0 Å². The second-order valence-electron chi connectivity index (χ2n) is 8.36. The van der Waals surface area contributed by atoms with Gasteiger partial charge in [0.05, 0.1) is 12.2 Å². The summed E-state index contributed by atoms with van der Waals surface area (Å²) in [5, 5.41) is 5.71. The first-order valence-electron chi connectivity index (χ1n) is 9.58. The Hall–Kier alpha value is -2.31. The van der Waals surface area contributed by atoms with Gasteiger partial charge in [0.2, 0.25) is 5.91 Å². The van der Waals surface area contributed by atoms with Crippen molar-refractivity contribution in [2.45, 2.75) is 71.9 Å². The molecule has 0 bridgehead atoms. The summed E-state index contributed by atoms with van der Waals surface area (Å²) in [4.78, 5) is 45.6. The molecule has 0 spiro atoms. The summed E-state index contributed by atoms with van der Waals surface area (Å²) in [6.45, 7) is 7.21. The number of rotatable bonds is 6. The van der Waals surface area contributed by atoms with Crippen molar-refractivity contribution >= 4 is 17.6 Å². The van der Waals surface area contributed by atoms with E-state index in [0.717, 1.165) is 32.1 Å². The standard InChI is InChI=1S/C20H30N4O3/c1-13(25)17(20(2,3)4)24-19(27)16(14-8-6-5-7-9-14)23-18(26)15-12-21-10-11-22-15/h10-12,14,16-17H,5-9H2,1-4H3,(H,23,26)(H,24,27). The van der Waals surface area contributed by atoms with E-state index < -0.39 is 23.4 Å². The summed E-state index contributed by atoms with van der Waals surface area (Å²) in [7, 11) is 0. The molecule has 1 fully saturated rings. The first-order chi connectivity index (χ1) is 12.7. The topological polar surface area (TPSA) is 101 Å². The molecule has 1 aliphatic carbocycles. The van der Waals surface area contributed by atoms with Gasteiger partial charge in [-0.2, -0.15) is 0 Å². The van der Waals surface area contributed by atoms with E-state index in [1.165, 1.54) is 25.5 Å². The summed E-state index contributed by atoms with van der Waals surface area (Å²) in [5.41, 5.74) is -0.238. The van der Waals surface area contributed by atoms with Crippen LogP contribution in [0, 0.1) is 11.3 Å². The Morgan fingerprint density at radius 1 is 1.07 bits per heavy atom. The van der Waals surface area contributed by atoms with Gasteiger partial charge in [0.25, 0.3) is 5.91 Å². The largest absolute Gasteiger partial charge is 0.344 e. The number of ketones is 1. The van der Waals surface area contributed by atoms with Crippen LogP contribution in [0.15, 0.2) is 18.6 Å². The first kappa shape index (κ1) is 21.0. The summed E-state index contributed by atoms with van der Waals surface area (Å²) in [5.74, 6) is -0.788. The number of aromatic nitrogens is 2. The average Bonchev–Trinajstić information content (AvgIpc) is 2.64. The Morgan fingerprint density at radius 3 is 2.26 bits per heavy atom. The van der Waals surface area contributed by atoms with E-state index in [-0.39, 0.29) is 23.3 Å². The lowest BCUT2D eigenvalue weighted by Gasteiger charge is -2.34. The number of nitrogens with zero attached hydrogens (tertiary/aromatic N) is 2. The maximum absolute atomic E-state index is 13.1. The predicted molar refractivity (Wildman–Crippen MR) is 102 cm³/mol. The number of hydrogen-bond acceptors (Lipinski definition) is 5. The molecule has 0 radical (unpaired) electrons. The summed E-state index contributed by atoms with van der Waals surface area (Å²) >= 11 is 0. The molecule has 0 aliphatic heterocycles. The van der Waals surface area contributed by atoms with Gasteiger partial charge in [-0.25, -0.2) is 4.98 Å². The van der Waals surface area contributed by atoms with Crippen LogP contribution in [0.4, 0.5) is 0 Å². The molecule has 148 valence electrons. The third-order valence-corrected chi connectivity index (χ3v) is 5.05. The van der Waals surface area contributed by atoms with Crippen molar-refractivity contribution in [3.8, 4) is 0 Å². The minimum atomic E-state index is -0.691. The first-order valence-corrected chi connectivity index (χ1v) is 9.58. The van der Waals surface area contributed by atoms with E-state index in [1.807, 2.05) is 20.8 Å². The normalized spacial score (nSPS) is 17.6. The molecule has 1 aliphatic rings. The van der Waals surface area contributed by atoms with Gasteiger partial charge in [0.15, 0.2) is 5.78 Å². The maximum Gasteiger partial charge on any atom is 0.272 e. The van der Waals surface area contributed by atoms with Gasteiger partial charge in [-0.15, -0.1) is 0 Å². The van der Waals surface area contributed by atoms with Crippen molar-refractivity contribution < 1.29 is 14.4 Å². The molecule has 27 heavy (non-hydrogen) atoms. The van der Waals surface area contributed by atoms with E-state index in [9.17, 15) is 14.4 Å². The summed E-state index contributed by atoms with van der Waals surface area (Å²) < 4.78 is 0. The maximum atomic E-state index is 13.1. The fourth-order valence-electron chi connectivity index (χ4n) is 3.66. The zero-order chi connectivity index (χ0) is 20.0. The van der Waals surface area contributed by atoms with Crippen molar-refractivity contribution in [3.63, 3.8) is 0 Å². The molecule has 7 nitrogen and oxygen atoms in total. The molecule has 0 aromatic carbocycles. The number of amides is 2. The molecule has 2 unspecified atom stereocenters. The minimum absolute atomic E-state index is 0.0481. The smallest absolute Gasteiger partial charge is 0.272 e. The van der Waals surface area contributed by atoms with Crippen LogP contribution in [-0.2, 0) is 9.59 Å². The zero-order valence-corrected chi connectivity index (χ0v) is 16.6.